The molecule has 0 spiro atoms. The van der Waals surface area contributed by atoms with E-state index in [1.165, 1.54) is 6.42 Å². The Hall–Kier alpha value is -0.830. The average Bonchev–Trinajstić information content (AvgIpc) is 2.82. The van der Waals surface area contributed by atoms with Gasteiger partial charge < -0.3 is 9.84 Å². The summed E-state index contributed by atoms with van der Waals surface area (Å²) in [5, 5.41) is 9.52. The molecule has 0 aromatic heterocycles. The number of aliphatic hydroxyl groups is 1. The molecule has 1 aliphatic heterocycles. The molecule has 0 amide bonds. The van der Waals surface area contributed by atoms with Crippen molar-refractivity contribution in [3.8, 4) is 0 Å². The first-order valence-electron chi connectivity index (χ1n) is 5.65. The highest BCUT2D eigenvalue weighted by molar-refractivity contribution is 5.77. The van der Waals surface area contributed by atoms with Gasteiger partial charge in [-0.25, -0.2) is 4.79 Å². The van der Waals surface area contributed by atoms with Crippen molar-refractivity contribution in [1.82, 2.24) is 0 Å². The number of esters is 1. The van der Waals surface area contributed by atoms with Gasteiger partial charge in [-0.05, 0) is 32.1 Å². The highest BCUT2D eigenvalue weighted by Crippen LogP contribution is 2.59. The first-order valence-corrected chi connectivity index (χ1v) is 5.65. The fourth-order valence-corrected chi connectivity index (χ4v) is 3.50. The predicted octanol–water partition coefficient (Wildman–Crippen LogP) is 1.41. The van der Waals surface area contributed by atoms with Crippen LogP contribution in [0.3, 0.4) is 0 Å². The van der Waals surface area contributed by atoms with Crippen LogP contribution < -0.4 is 0 Å². The van der Waals surface area contributed by atoms with Crippen LogP contribution in [0.25, 0.3) is 0 Å². The first kappa shape index (κ1) is 9.40. The van der Waals surface area contributed by atoms with E-state index in [0.29, 0.717) is 12.3 Å². The molecule has 15 heavy (non-hydrogen) atoms. The van der Waals surface area contributed by atoms with Crippen molar-refractivity contribution in [2.24, 2.45) is 11.3 Å². The minimum absolute atomic E-state index is 0.00477. The second kappa shape index (κ2) is 2.64. The lowest BCUT2D eigenvalue weighted by Crippen LogP contribution is -2.42. The van der Waals surface area contributed by atoms with E-state index in [1.807, 2.05) is 6.92 Å². The van der Waals surface area contributed by atoms with E-state index in [9.17, 15) is 9.90 Å². The molecular weight excluding hydrogens is 192 g/mol. The molecule has 1 heterocycles. The second-order valence-electron chi connectivity index (χ2n) is 5.39. The number of hydrogen-bond acceptors (Lipinski definition) is 3. The fourth-order valence-electron chi connectivity index (χ4n) is 3.50. The first-order chi connectivity index (χ1) is 7.05. The summed E-state index contributed by atoms with van der Waals surface area (Å²) in [7, 11) is 0. The smallest absolute Gasteiger partial charge is 0.335 e. The van der Waals surface area contributed by atoms with Gasteiger partial charge in [-0.15, -0.1) is 0 Å². The van der Waals surface area contributed by atoms with Crippen molar-refractivity contribution < 1.29 is 14.6 Å². The number of aliphatic hydroxyl groups excluding tert-OH is 1. The number of rotatable bonds is 1. The van der Waals surface area contributed by atoms with E-state index in [4.69, 9.17) is 4.74 Å². The Morgan fingerprint density at radius 3 is 2.73 bits per heavy atom. The monoisotopic (exact) mass is 208 g/mol. The van der Waals surface area contributed by atoms with E-state index in [2.05, 4.69) is 12.2 Å². The average molecular weight is 208 g/mol. The number of allylic oxidation sites excluding steroid dienone is 1. The van der Waals surface area contributed by atoms with Crippen molar-refractivity contribution in [2.75, 3.05) is 0 Å². The summed E-state index contributed by atoms with van der Waals surface area (Å²) in [6.07, 6.45) is 7.36. The molecule has 82 valence electrons. The Kier molecular flexibility index (Phi) is 1.66. The molecule has 3 heteroatoms. The fraction of sp³-hybridized carbons (Fsp3) is 0.750. The lowest BCUT2D eigenvalue weighted by Gasteiger charge is -2.39. The third-order valence-electron chi connectivity index (χ3n) is 4.51. The van der Waals surface area contributed by atoms with Crippen molar-refractivity contribution in [3.05, 3.63) is 12.2 Å². The van der Waals surface area contributed by atoms with Gasteiger partial charge in [0, 0.05) is 11.8 Å². The summed E-state index contributed by atoms with van der Waals surface area (Å²) in [6.45, 7) is 1.97. The van der Waals surface area contributed by atoms with Crippen LogP contribution in [0.1, 0.15) is 32.6 Å². The molecule has 2 aliphatic carbocycles. The second-order valence-corrected chi connectivity index (χ2v) is 5.39. The van der Waals surface area contributed by atoms with Crippen molar-refractivity contribution in [1.29, 1.82) is 0 Å². The van der Waals surface area contributed by atoms with Gasteiger partial charge >= 0.3 is 5.97 Å². The van der Waals surface area contributed by atoms with Crippen LogP contribution in [-0.4, -0.2) is 22.8 Å². The van der Waals surface area contributed by atoms with E-state index in [0.717, 1.165) is 12.8 Å². The van der Waals surface area contributed by atoms with Crippen molar-refractivity contribution in [3.63, 3.8) is 0 Å². The number of fused-ring (bicyclic) bond motifs is 2. The molecule has 3 rings (SSSR count). The third kappa shape index (κ3) is 1.07. The molecule has 3 aliphatic rings. The molecule has 2 bridgehead atoms. The number of cyclic esters (lactones) is 1. The molecule has 4 unspecified atom stereocenters. The highest BCUT2D eigenvalue weighted by atomic mass is 16.6. The minimum atomic E-state index is -0.919. The van der Waals surface area contributed by atoms with Gasteiger partial charge in [0.25, 0.3) is 0 Å². The summed E-state index contributed by atoms with van der Waals surface area (Å²) in [6, 6.07) is 0. The Labute approximate surface area is 89.1 Å². The Bertz CT molecular complexity index is 349. The normalized spacial score (nSPS) is 52.5. The summed E-state index contributed by atoms with van der Waals surface area (Å²) in [5.74, 6) is 0.217. The topological polar surface area (TPSA) is 46.5 Å². The lowest BCUT2D eigenvalue weighted by atomic mass is 9.71. The van der Waals surface area contributed by atoms with Gasteiger partial charge in [0.1, 0.15) is 5.60 Å². The summed E-state index contributed by atoms with van der Waals surface area (Å²) < 4.78 is 5.43. The molecule has 0 radical (unpaired) electrons. The zero-order chi connectivity index (χ0) is 10.7. The molecule has 0 aromatic rings. The quantitative estimate of drug-likeness (QED) is 0.523. The van der Waals surface area contributed by atoms with Crippen LogP contribution in [0.15, 0.2) is 12.2 Å². The maximum Gasteiger partial charge on any atom is 0.335 e. The van der Waals surface area contributed by atoms with Crippen LogP contribution in [0.4, 0.5) is 0 Å². The highest BCUT2D eigenvalue weighted by Gasteiger charge is 2.59. The third-order valence-corrected chi connectivity index (χ3v) is 4.51. The summed E-state index contributed by atoms with van der Waals surface area (Å²) >= 11 is 0. The molecule has 3 nitrogen and oxygen atoms in total. The predicted molar refractivity (Wildman–Crippen MR) is 54.0 cm³/mol. The molecule has 4 atom stereocenters. The Balaban J connectivity index is 1.94. The van der Waals surface area contributed by atoms with Gasteiger partial charge in [0.2, 0.25) is 0 Å². The SMILES string of the molecule is CC1(C23C=CC(CC2)C3)CC(O)C(=O)O1. The largest absolute Gasteiger partial charge is 0.456 e. The molecule has 2 fully saturated rings. The standard InChI is InChI=1S/C12H16O3/c1-11(7-9(13)10(14)15-11)12-4-2-8(6-12)3-5-12/h2,4,8-9,13H,3,5-7H2,1H3. The van der Waals surface area contributed by atoms with Gasteiger partial charge in [0.15, 0.2) is 6.10 Å². The van der Waals surface area contributed by atoms with Crippen LogP contribution in [-0.2, 0) is 9.53 Å². The molecule has 1 saturated carbocycles. The van der Waals surface area contributed by atoms with E-state index in [-0.39, 0.29) is 5.41 Å². The zero-order valence-electron chi connectivity index (χ0n) is 8.90. The van der Waals surface area contributed by atoms with Crippen LogP contribution in [0.5, 0.6) is 0 Å². The maximum atomic E-state index is 11.3. The van der Waals surface area contributed by atoms with Gasteiger partial charge in [0.05, 0.1) is 0 Å². The van der Waals surface area contributed by atoms with Crippen LogP contribution in [0, 0.1) is 11.3 Å². The van der Waals surface area contributed by atoms with Gasteiger partial charge in [-0.3, -0.25) is 0 Å². The van der Waals surface area contributed by atoms with Crippen molar-refractivity contribution >= 4 is 5.97 Å². The van der Waals surface area contributed by atoms with Gasteiger partial charge in [-0.2, -0.15) is 0 Å². The zero-order valence-corrected chi connectivity index (χ0v) is 8.90. The number of carbonyl (C=O) groups is 1. The van der Waals surface area contributed by atoms with Gasteiger partial charge in [-0.1, -0.05) is 12.2 Å². The van der Waals surface area contributed by atoms with Crippen LogP contribution >= 0.6 is 0 Å². The minimum Gasteiger partial charge on any atom is -0.456 e. The molecule has 1 N–H and O–H groups in total. The molecule has 1 saturated heterocycles. The summed E-state index contributed by atoms with van der Waals surface area (Å²) in [4.78, 5) is 11.3. The van der Waals surface area contributed by atoms with E-state index >= 15 is 0 Å². The molecule has 0 aromatic carbocycles. The lowest BCUT2D eigenvalue weighted by molar-refractivity contribution is -0.158. The van der Waals surface area contributed by atoms with Crippen LogP contribution in [0.2, 0.25) is 0 Å². The van der Waals surface area contributed by atoms with E-state index < -0.39 is 17.7 Å². The molecular formula is C12H16O3. The number of carbonyl (C=O) groups excluding carboxylic acids is 1. The van der Waals surface area contributed by atoms with E-state index in [1.54, 1.807) is 0 Å². The Morgan fingerprint density at radius 1 is 1.53 bits per heavy atom. The number of hydrogen-bond donors (Lipinski definition) is 1. The van der Waals surface area contributed by atoms with Crippen molar-refractivity contribution in [2.45, 2.75) is 44.3 Å². The Morgan fingerprint density at radius 2 is 2.33 bits per heavy atom. The maximum absolute atomic E-state index is 11.3. The summed E-state index contributed by atoms with van der Waals surface area (Å²) in [5.41, 5.74) is -0.476. The number of ether oxygens (including phenoxy) is 1.